The predicted molar refractivity (Wildman–Crippen MR) is 70.7 cm³/mol. The highest BCUT2D eigenvalue weighted by atomic mass is 32.2. The van der Waals surface area contributed by atoms with Gasteiger partial charge in [0.05, 0.1) is 0 Å². The monoisotopic (exact) mass is 230 g/mol. The van der Waals surface area contributed by atoms with Gasteiger partial charge < -0.3 is 10.2 Å². The highest BCUT2D eigenvalue weighted by molar-refractivity contribution is 7.99. The average Bonchev–Trinajstić information content (AvgIpc) is 2.29. The molecule has 1 N–H and O–H groups in total. The minimum atomic E-state index is 0.716. The standard InChI is InChI=1S/C12H26N2S/c1-4-11(2)14(3)8-7-13-12-5-9-15-10-6-12/h11-13H,4-10H2,1-3H3. The second-order valence-corrected chi connectivity index (χ2v) is 5.80. The summed E-state index contributed by atoms with van der Waals surface area (Å²) in [6.07, 6.45) is 3.96. The number of rotatable bonds is 6. The summed E-state index contributed by atoms with van der Waals surface area (Å²) < 4.78 is 0. The van der Waals surface area contributed by atoms with Gasteiger partial charge in [-0.05, 0) is 44.7 Å². The summed E-state index contributed by atoms with van der Waals surface area (Å²) in [6.45, 7) is 6.89. The van der Waals surface area contributed by atoms with Crippen LogP contribution in [-0.4, -0.2) is 48.6 Å². The topological polar surface area (TPSA) is 15.3 Å². The van der Waals surface area contributed by atoms with Crippen molar-refractivity contribution in [2.24, 2.45) is 0 Å². The number of hydrogen-bond acceptors (Lipinski definition) is 3. The molecule has 0 aromatic rings. The third-order valence-corrected chi connectivity index (χ3v) is 4.51. The van der Waals surface area contributed by atoms with Gasteiger partial charge in [0.1, 0.15) is 0 Å². The van der Waals surface area contributed by atoms with E-state index in [4.69, 9.17) is 0 Å². The van der Waals surface area contributed by atoms with E-state index in [0.29, 0.717) is 6.04 Å². The van der Waals surface area contributed by atoms with Gasteiger partial charge >= 0.3 is 0 Å². The Bertz CT molecular complexity index is 156. The molecule has 1 aliphatic heterocycles. The van der Waals surface area contributed by atoms with Crippen LogP contribution in [0, 0.1) is 0 Å². The van der Waals surface area contributed by atoms with Crippen LogP contribution in [0.25, 0.3) is 0 Å². The SMILES string of the molecule is CCC(C)N(C)CCNC1CCSCC1. The van der Waals surface area contributed by atoms with E-state index < -0.39 is 0 Å². The van der Waals surface area contributed by atoms with Crippen LogP contribution in [0.15, 0.2) is 0 Å². The minimum Gasteiger partial charge on any atom is -0.313 e. The van der Waals surface area contributed by atoms with Gasteiger partial charge in [-0.3, -0.25) is 0 Å². The molecule has 1 rings (SSSR count). The third-order valence-electron chi connectivity index (χ3n) is 3.46. The van der Waals surface area contributed by atoms with Crippen LogP contribution < -0.4 is 5.32 Å². The molecule has 3 heteroatoms. The molecule has 0 aliphatic carbocycles. The molecule has 2 nitrogen and oxygen atoms in total. The van der Waals surface area contributed by atoms with Gasteiger partial charge in [0.2, 0.25) is 0 Å². The number of nitrogens with one attached hydrogen (secondary N) is 1. The van der Waals surface area contributed by atoms with Gasteiger partial charge in [-0.1, -0.05) is 6.92 Å². The van der Waals surface area contributed by atoms with Gasteiger partial charge in [-0.25, -0.2) is 0 Å². The highest BCUT2D eigenvalue weighted by Gasteiger charge is 2.13. The van der Waals surface area contributed by atoms with Crippen molar-refractivity contribution in [3.63, 3.8) is 0 Å². The van der Waals surface area contributed by atoms with E-state index in [2.05, 4.69) is 42.9 Å². The van der Waals surface area contributed by atoms with Crippen molar-refractivity contribution < 1.29 is 0 Å². The van der Waals surface area contributed by atoms with Crippen LogP contribution in [0.3, 0.4) is 0 Å². The minimum absolute atomic E-state index is 0.716. The van der Waals surface area contributed by atoms with Crippen molar-refractivity contribution >= 4 is 11.8 Å². The lowest BCUT2D eigenvalue weighted by Gasteiger charge is -2.26. The van der Waals surface area contributed by atoms with Crippen molar-refractivity contribution in [1.29, 1.82) is 0 Å². The molecule has 0 amide bonds. The molecular weight excluding hydrogens is 204 g/mol. The van der Waals surface area contributed by atoms with E-state index in [9.17, 15) is 0 Å². The summed E-state index contributed by atoms with van der Waals surface area (Å²) in [7, 11) is 2.23. The Kier molecular flexibility index (Phi) is 6.69. The Morgan fingerprint density at radius 3 is 2.67 bits per heavy atom. The molecule has 0 radical (unpaired) electrons. The third kappa shape index (κ3) is 5.23. The van der Waals surface area contributed by atoms with E-state index in [-0.39, 0.29) is 0 Å². The molecule has 1 saturated heterocycles. The van der Waals surface area contributed by atoms with Gasteiger partial charge in [0, 0.05) is 25.2 Å². The highest BCUT2D eigenvalue weighted by Crippen LogP contribution is 2.16. The summed E-state index contributed by atoms with van der Waals surface area (Å²) in [5.41, 5.74) is 0. The molecule has 1 atom stereocenters. The van der Waals surface area contributed by atoms with E-state index >= 15 is 0 Å². The number of likely N-dealkylation sites (N-methyl/N-ethyl adjacent to an activating group) is 1. The molecule has 0 saturated carbocycles. The van der Waals surface area contributed by atoms with Crippen LogP contribution >= 0.6 is 11.8 Å². The Labute approximate surface area is 99.2 Å². The summed E-state index contributed by atoms with van der Waals surface area (Å²) >= 11 is 2.10. The summed E-state index contributed by atoms with van der Waals surface area (Å²) in [4.78, 5) is 2.45. The zero-order valence-corrected chi connectivity index (χ0v) is 11.3. The second-order valence-electron chi connectivity index (χ2n) is 4.58. The van der Waals surface area contributed by atoms with Gasteiger partial charge in [0.15, 0.2) is 0 Å². The van der Waals surface area contributed by atoms with E-state index in [1.165, 1.54) is 37.3 Å². The molecule has 0 aromatic carbocycles. The van der Waals surface area contributed by atoms with E-state index in [0.717, 1.165) is 12.6 Å². The Morgan fingerprint density at radius 1 is 1.40 bits per heavy atom. The van der Waals surface area contributed by atoms with E-state index in [1.54, 1.807) is 0 Å². The molecule has 1 aliphatic rings. The Hall–Kier alpha value is 0.270. The normalized spacial score (nSPS) is 20.8. The van der Waals surface area contributed by atoms with E-state index in [1.807, 2.05) is 0 Å². The first-order valence-corrected chi connectivity index (χ1v) is 7.41. The van der Waals surface area contributed by atoms with Gasteiger partial charge in [0.25, 0.3) is 0 Å². The fourth-order valence-corrected chi connectivity index (χ4v) is 2.99. The Morgan fingerprint density at radius 2 is 2.07 bits per heavy atom. The molecule has 1 fully saturated rings. The van der Waals surface area contributed by atoms with Crippen molar-refractivity contribution in [2.75, 3.05) is 31.6 Å². The molecule has 1 unspecified atom stereocenters. The lowest BCUT2D eigenvalue weighted by Crippen LogP contribution is -2.40. The van der Waals surface area contributed by atoms with Crippen LogP contribution in [0.4, 0.5) is 0 Å². The summed E-state index contributed by atoms with van der Waals surface area (Å²) in [5, 5.41) is 3.68. The number of hydrogen-bond donors (Lipinski definition) is 1. The Balaban J connectivity index is 2.04. The maximum atomic E-state index is 3.68. The first-order valence-electron chi connectivity index (χ1n) is 6.25. The maximum Gasteiger partial charge on any atom is 0.0107 e. The molecule has 90 valence electrons. The van der Waals surface area contributed by atoms with Crippen molar-refractivity contribution in [2.45, 2.75) is 45.2 Å². The zero-order chi connectivity index (χ0) is 11.1. The largest absolute Gasteiger partial charge is 0.313 e. The molecule has 0 aromatic heterocycles. The average molecular weight is 230 g/mol. The zero-order valence-electron chi connectivity index (χ0n) is 10.5. The van der Waals surface area contributed by atoms with Crippen LogP contribution in [-0.2, 0) is 0 Å². The van der Waals surface area contributed by atoms with Gasteiger partial charge in [-0.2, -0.15) is 11.8 Å². The number of nitrogens with zero attached hydrogens (tertiary/aromatic N) is 1. The van der Waals surface area contributed by atoms with Crippen molar-refractivity contribution in [3.8, 4) is 0 Å². The maximum absolute atomic E-state index is 3.68. The van der Waals surface area contributed by atoms with Gasteiger partial charge in [-0.15, -0.1) is 0 Å². The summed E-state index contributed by atoms with van der Waals surface area (Å²) in [6, 6.07) is 1.50. The van der Waals surface area contributed by atoms with Crippen molar-refractivity contribution in [3.05, 3.63) is 0 Å². The smallest absolute Gasteiger partial charge is 0.0107 e. The molecule has 1 heterocycles. The fraction of sp³-hybridized carbons (Fsp3) is 1.00. The second kappa shape index (κ2) is 7.53. The number of thioether (sulfide) groups is 1. The predicted octanol–water partition coefficient (Wildman–Crippen LogP) is 2.20. The molecule has 0 bridgehead atoms. The summed E-state index contributed by atoms with van der Waals surface area (Å²) in [5.74, 6) is 2.69. The first-order chi connectivity index (χ1) is 7.24. The van der Waals surface area contributed by atoms with Crippen LogP contribution in [0.5, 0.6) is 0 Å². The quantitative estimate of drug-likeness (QED) is 0.753. The van der Waals surface area contributed by atoms with Crippen LogP contribution in [0.2, 0.25) is 0 Å². The molecular formula is C12H26N2S. The van der Waals surface area contributed by atoms with Crippen molar-refractivity contribution in [1.82, 2.24) is 10.2 Å². The first kappa shape index (κ1) is 13.3. The lowest BCUT2D eigenvalue weighted by atomic mass is 10.1. The molecule has 0 spiro atoms. The fourth-order valence-electron chi connectivity index (χ4n) is 1.88. The lowest BCUT2D eigenvalue weighted by molar-refractivity contribution is 0.247. The molecule has 15 heavy (non-hydrogen) atoms. The van der Waals surface area contributed by atoms with Crippen LogP contribution in [0.1, 0.15) is 33.1 Å².